The number of benzene rings is 1. The molecule has 3 rings (SSSR count). The van der Waals surface area contributed by atoms with Crippen LogP contribution in [0.4, 0.5) is 14.5 Å². The van der Waals surface area contributed by atoms with Crippen molar-refractivity contribution in [2.75, 3.05) is 25.1 Å². The fraction of sp³-hybridized carbons (Fsp3) is 0.625. The minimum atomic E-state index is -0.473. The van der Waals surface area contributed by atoms with Gasteiger partial charge in [0.2, 0.25) is 0 Å². The Labute approximate surface area is 124 Å². The molecule has 0 bridgehead atoms. The summed E-state index contributed by atoms with van der Waals surface area (Å²) in [6.45, 7) is 1.75. The molecule has 0 spiro atoms. The first-order valence-corrected chi connectivity index (χ1v) is 7.66. The van der Waals surface area contributed by atoms with E-state index in [1.54, 1.807) is 12.0 Å². The Bertz CT molecular complexity index is 482. The molecule has 0 radical (unpaired) electrons. The summed E-state index contributed by atoms with van der Waals surface area (Å²) >= 11 is 0. The maximum Gasteiger partial charge on any atom is 0.149 e. The summed E-state index contributed by atoms with van der Waals surface area (Å²) < 4.78 is 34.0. The van der Waals surface area contributed by atoms with Crippen molar-refractivity contribution in [1.29, 1.82) is 0 Å². The summed E-state index contributed by atoms with van der Waals surface area (Å²) in [5.41, 5.74) is 0.757. The quantitative estimate of drug-likeness (QED) is 0.904. The van der Waals surface area contributed by atoms with Crippen LogP contribution in [-0.2, 0) is 11.3 Å². The van der Waals surface area contributed by atoms with Gasteiger partial charge in [-0.05, 0) is 43.4 Å². The van der Waals surface area contributed by atoms with Crippen molar-refractivity contribution < 1.29 is 13.5 Å². The molecule has 2 fully saturated rings. The Kier molecular flexibility index (Phi) is 4.40. The number of hydrogen-bond donors (Lipinski definition) is 1. The highest BCUT2D eigenvalue weighted by atomic mass is 19.1. The third-order valence-corrected chi connectivity index (χ3v) is 4.28. The molecular weight excluding hydrogens is 274 g/mol. The first-order chi connectivity index (χ1) is 10.2. The molecule has 1 aromatic carbocycles. The van der Waals surface area contributed by atoms with Crippen molar-refractivity contribution in [1.82, 2.24) is 5.32 Å². The summed E-state index contributed by atoms with van der Waals surface area (Å²) in [5, 5.41) is 3.28. The number of nitrogens with one attached hydrogen (secondary N) is 1. The van der Waals surface area contributed by atoms with Crippen LogP contribution >= 0.6 is 0 Å². The van der Waals surface area contributed by atoms with E-state index in [4.69, 9.17) is 4.74 Å². The number of hydrogen-bond acceptors (Lipinski definition) is 3. The van der Waals surface area contributed by atoms with E-state index in [9.17, 15) is 8.78 Å². The Morgan fingerprint density at radius 1 is 1.24 bits per heavy atom. The molecule has 1 atom stereocenters. The van der Waals surface area contributed by atoms with Crippen LogP contribution in [0.25, 0.3) is 0 Å². The number of piperidine rings is 1. The maximum atomic E-state index is 14.3. The molecular formula is C16H22F2N2O. The van der Waals surface area contributed by atoms with E-state index in [-0.39, 0.29) is 11.8 Å². The zero-order valence-corrected chi connectivity index (χ0v) is 12.4. The lowest BCUT2D eigenvalue weighted by Gasteiger charge is -2.34. The van der Waals surface area contributed by atoms with Crippen LogP contribution in [0.15, 0.2) is 12.1 Å². The molecule has 1 N–H and O–H groups in total. The van der Waals surface area contributed by atoms with Gasteiger partial charge in [0, 0.05) is 32.8 Å². The minimum absolute atomic E-state index is 0.0498. The van der Waals surface area contributed by atoms with Gasteiger partial charge in [-0.3, -0.25) is 0 Å². The molecule has 0 aromatic heterocycles. The lowest BCUT2D eigenvalue weighted by Crippen LogP contribution is -2.40. The van der Waals surface area contributed by atoms with Crippen molar-refractivity contribution in [3.05, 3.63) is 29.3 Å². The van der Waals surface area contributed by atoms with Gasteiger partial charge in [-0.1, -0.05) is 0 Å². The number of ether oxygens (including phenoxy) is 1. The van der Waals surface area contributed by atoms with Crippen molar-refractivity contribution in [3.63, 3.8) is 0 Å². The summed E-state index contributed by atoms with van der Waals surface area (Å²) in [4.78, 5) is 1.76. The van der Waals surface area contributed by atoms with Gasteiger partial charge < -0.3 is 15.0 Å². The van der Waals surface area contributed by atoms with E-state index in [0.717, 1.165) is 25.7 Å². The standard InChI is InChI=1S/C16H22F2N2O/c1-21-13-3-2-6-20(10-13)16-14(17)7-11(8-15(16)18)9-19-12-4-5-12/h7-8,12-13,19H,2-6,9-10H2,1H3. The van der Waals surface area contributed by atoms with Gasteiger partial charge in [0.05, 0.1) is 6.10 Å². The van der Waals surface area contributed by atoms with Gasteiger partial charge in [-0.25, -0.2) is 8.78 Å². The van der Waals surface area contributed by atoms with E-state index in [0.29, 0.717) is 31.2 Å². The topological polar surface area (TPSA) is 24.5 Å². The van der Waals surface area contributed by atoms with E-state index in [1.807, 2.05) is 0 Å². The highest BCUT2D eigenvalue weighted by Crippen LogP contribution is 2.28. The molecule has 116 valence electrons. The first kappa shape index (κ1) is 14.7. The van der Waals surface area contributed by atoms with Crippen LogP contribution in [0.3, 0.4) is 0 Å². The third kappa shape index (κ3) is 3.52. The predicted octanol–water partition coefficient (Wildman–Crippen LogP) is 2.83. The Balaban J connectivity index is 1.74. The number of nitrogens with zero attached hydrogens (tertiary/aromatic N) is 1. The van der Waals surface area contributed by atoms with Gasteiger partial charge in [0.15, 0.2) is 0 Å². The molecule has 1 aliphatic carbocycles. The average Bonchev–Trinajstić information content (AvgIpc) is 3.29. The Morgan fingerprint density at radius 3 is 2.57 bits per heavy atom. The van der Waals surface area contributed by atoms with Gasteiger partial charge in [-0.2, -0.15) is 0 Å². The third-order valence-electron chi connectivity index (χ3n) is 4.28. The highest BCUT2D eigenvalue weighted by molar-refractivity contribution is 5.51. The minimum Gasteiger partial charge on any atom is -0.380 e. The monoisotopic (exact) mass is 296 g/mol. The van der Waals surface area contributed by atoms with Crippen LogP contribution in [0, 0.1) is 11.6 Å². The van der Waals surface area contributed by atoms with Crippen LogP contribution in [0.5, 0.6) is 0 Å². The van der Waals surface area contributed by atoms with Crippen molar-refractivity contribution in [2.24, 2.45) is 0 Å². The lowest BCUT2D eigenvalue weighted by molar-refractivity contribution is 0.0890. The Morgan fingerprint density at radius 2 is 1.95 bits per heavy atom. The highest BCUT2D eigenvalue weighted by Gasteiger charge is 2.25. The zero-order chi connectivity index (χ0) is 14.8. The molecule has 1 saturated carbocycles. The molecule has 21 heavy (non-hydrogen) atoms. The van der Waals surface area contributed by atoms with Crippen LogP contribution < -0.4 is 10.2 Å². The summed E-state index contributed by atoms with van der Waals surface area (Å²) in [6, 6.07) is 3.43. The average molecular weight is 296 g/mol. The first-order valence-electron chi connectivity index (χ1n) is 7.66. The van der Waals surface area contributed by atoms with Crippen LogP contribution in [0.2, 0.25) is 0 Å². The van der Waals surface area contributed by atoms with Crippen LogP contribution in [0.1, 0.15) is 31.2 Å². The van der Waals surface area contributed by atoms with E-state index in [2.05, 4.69) is 5.32 Å². The predicted molar refractivity (Wildman–Crippen MR) is 78.5 cm³/mol. The molecule has 2 aliphatic rings. The fourth-order valence-corrected chi connectivity index (χ4v) is 2.91. The molecule has 1 unspecified atom stereocenters. The number of methoxy groups -OCH3 is 1. The molecule has 3 nitrogen and oxygen atoms in total. The summed E-state index contributed by atoms with van der Waals surface area (Å²) in [6.07, 6.45) is 4.21. The SMILES string of the molecule is COC1CCCN(c2c(F)cc(CNC3CC3)cc2F)C1. The fourth-order valence-electron chi connectivity index (χ4n) is 2.91. The lowest BCUT2D eigenvalue weighted by atomic mass is 10.1. The molecule has 1 saturated heterocycles. The van der Waals surface area contributed by atoms with Gasteiger partial charge in [0.25, 0.3) is 0 Å². The van der Waals surface area contributed by atoms with Crippen LogP contribution in [-0.4, -0.2) is 32.3 Å². The summed E-state index contributed by atoms with van der Waals surface area (Å²) in [7, 11) is 1.65. The summed E-state index contributed by atoms with van der Waals surface area (Å²) in [5.74, 6) is -0.946. The van der Waals surface area contributed by atoms with E-state index in [1.165, 1.54) is 12.1 Å². The van der Waals surface area contributed by atoms with Gasteiger partial charge in [-0.15, -0.1) is 0 Å². The zero-order valence-electron chi connectivity index (χ0n) is 12.4. The molecule has 1 heterocycles. The largest absolute Gasteiger partial charge is 0.380 e. The van der Waals surface area contributed by atoms with Gasteiger partial charge in [0.1, 0.15) is 17.3 Å². The number of halogens is 2. The second kappa shape index (κ2) is 6.28. The second-order valence-electron chi connectivity index (χ2n) is 6.01. The Hall–Kier alpha value is -1.20. The number of anilines is 1. The molecule has 0 amide bonds. The smallest absolute Gasteiger partial charge is 0.149 e. The second-order valence-corrected chi connectivity index (χ2v) is 6.01. The maximum absolute atomic E-state index is 14.3. The van der Waals surface area contributed by atoms with Crippen molar-refractivity contribution >= 4 is 5.69 Å². The van der Waals surface area contributed by atoms with Gasteiger partial charge >= 0.3 is 0 Å². The van der Waals surface area contributed by atoms with Crippen molar-refractivity contribution in [2.45, 2.75) is 44.4 Å². The van der Waals surface area contributed by atoms with E-state index >= 15 is 0 Å². The normalized spacial score (nSPS) is 22.6. The molecule has 5 heteroatoms. The molecule has 1 aliphatic heterocycles. The van der Waals surface area contributed by atoms with Crippen molar-refractivity contribution in [3.8, 4) is 0 Å². The number of rotatable bonds is 5. The molecule has 1 aromatic rings. The van der Waals surface area contributed by atoms with E-state index < -0.39 is 11.6 Å².